The number of aryl methyl sites for hydroxylation is 1. The van der Waals surface area contributed by atoms with Crippen molar-refractivity contribution in [2.75, 3.05) is 0 Å². The van der Waals surface area contributed by atoms with Crippen LogP contribution in [0.2, 0.25) is 0 Å². The Morgan fingerprint density at radius 3 is 2.47 bits per heavy atom. The molecule has 0 atom stereocenters. The molecule has 0 N–H and O–H groups in total. The van der Waals surface area contributed by atoms with Crippen molar-refractivity contribution < 1.29 is 0 Å². The molecule has 0 aliphatic carbocycles. The first-order valence-electron chi connectivity index (χ1n) is 10.1. The first-order chi connectivity index (χ1) is 14.6. The average molecular weight is 399 g/mol. The third-order valence-corrected chi connectivity index (χ3v) is 5.55. The monoisotopic (exact) mass is 399 g/mol. The Bertz CT molecular complexity index is 1530. The third-order valence-electron chi connectivity index (χ3n) is 5.55. The second kappa shape index (κ2) is 6.95. The molecule has 0 unspecified atom stereocenters. The molecule has 0 spiro atoms. The summed E-state index contributed by atoms with van der Waals surface area (Å²) in [7, 11) is 1.92. The Morgan fingerprint density at radius 2 is 1.70 bits per heavy atom. The van der Waals surface area contributed by atoms with Crippen LogP contribution in [-0.2, 0) is 13.6 Å². The van der Waals surface area contributed by atoms with Gasteiger partial charge in [-0.05, 0) is 30.7 Å². The topological polar surface area (TPSA) is 74.7 Å². The molecule has 5 rings (SSSR count). The fraction of sp³-hybridized carbons (Fsp3) is 0.217. The van der Waals surface area contributed by atoms with Gasteiger partial charge in [-0.25, -0.2) is 9.78 Å². The molecule has 3 heterocycles. The van der Waals surface area contributed by atoms with Crippen molar-refractivity contribution in [2.45, 2.75) is 26.3 Å². The van der Waals surface area contributed by atoms with E-state index in [9.17, 15) is 9.59 Å². The smallest absolute Gasteiger partial charge is 0.334 e. The number of imidazole rings is 1. The maximum Gasteiger partial charge on any atom is 0.352 e. The summed E-state index contributed by atoms with van der Waals surface area (Å²) in [6.45, 7) is 2.39. The van der Waals surface area contributed by atoms with Crippen LogP contribution in [0.1, 0.15) is 19.8 Å². The van der Waals surface area contributed by atoms with Crippen molar-refractivity contribution in [3.05, 3.63) is 75.7 Å². The Labute approximate surface area is 171 Å². The highest BCUT2D eigenvalue weighted by Gasteiger charge is 2.21. The normalized spacial score (nSPS) is 11.7. The minimum absolute atomic E-state index is 0.309. The highest BCUT2D eigenvalue weighted by molar-refractivity contribution is 6.17. The molecule has 0 saturated carbocycles. The van der Waals surface area contributed by atoms with Crippen LogP contribution in [0.3, 0.4) is 0 Å². The predicted octanol–water partition coefficient (Wildman–Crippen LogP) is 3.39. The van der Waals surface area contributed by atoms with Crippen molar-refractivity contribution in [1.82, 2.24) is 23.7 Å². The highest BCUT2D eigenvalue weighted by Crippen LogP contribution is 2.32. The highest BCUT2D eigenvalue weighted by atomic mass is 16.2. The van der Waals surface area contributed by atoms with Crippen molar-refractivity contribution in [3.63, 3.8) is 0 Å². The van der Waals surface area contributed by atoms with Gasteiger partial charge in [0.25, 0.3) is 5.56 Å². The maximum absolute atomic E-state index is 13.5. The van der Waals surface area contributed by atoms with Crippen molar-refractivity contribution in [3.8, 4) is 5.69 Å². The number of unbranched alkanes of at least 4 members (excludes halogenated alkanes) is 1. The molecule has 2 aromatic carbocycles. The predicted molar refractivity (Wildman–Crippen MR) is 118 cm³/mol. The molecule has 0 bridgehead atoms. The van der Waals surface area contributed by atoms with E-state index in [0.29, 0.717) is 17.6 Å². The molecule has 0 fully saturated rings. The van der Waals surface area contributed by atoms with E-state index in [2.05, 4.69) is 9.97 Å². The van der Waals surface area contributed by atoms with E-state index < -0.39 is 5.69 Å². The summed E-state index contributed by atoms with van der Waals surface area (Å²) >= 11 is 0. The third kappa shape index (κ3) is 2.58. The molecule has 5 aromatic rings. The number of hydrogen-bond acceptors (Lipinski definition) is 4. The van der Waals surface area contributed by atoms with E-state index in [-0.39, 0.29) is 5.56 Å². The van der Waals surface area contributed by atoms with Gasteiger partial charge in [-0.15, -0.1) is 0 Å². The molecule has 30 heavy (non-hydrogen) atoms. The van der Waals surface area contributed by atoms with Crippen LogP contribution >= 0.6 is 0 Å². The van der Waals surface area contributed by atoms with Gasteiger partial charge in [-0.3, -0.25) is 13.9 Å². The Hall–Kier alpha value is -3.74. The Kier molecular flexibility index (Phi) is 4.24. The molecule has 0 saturated heterocycles. The first-order valence-corrected chi connectivity index (χ1v) is 10.1. The standard InChI is InChI=1S/C23H21N5O2/c1-3-4-13-27-22(29)19-18-16(11-8-12-17-20(18)24-14-26(17)2)28(21(19)25-23(27)30)15-9-6-5-7-10-15/h5-12,14H,3-4,13H2,1-2H3. The summed E-state index contributed by atoms with van der Waals surface area (Å²) in [6, 6.07) is 15.5. The zero-order valence-electron chi connectivity index (χ0n) is 16.9. The lowest BCUT2D eigenvalue weighted by atomic mass is 10.2. The summed E-state index contributed by atoms with van der Waals surface area (Å²) in [4.78, 5) is 35.3. The fourth-order valence-electron chi connectivity index (χ4n) is 4.07. The summed E-state index contributed by atoms with van der Waals surface area (Å²) in [5, 5.41) is 1.15. The fourth-order valence-corrected chi connectivity index (χ4v) is 4.07. The summed E-state index contributed by atoms with van der Waals surface area (Å²) in [5.41, 5.74) is 2.81. The molecule has 150 valence electrons. The molecule has 0 amide bonds. The van der Waals surface area contributed by atoms with Crippen LogP contribution in [0.15, 0.2) is 64.4 Å². The number of para-hydroxylation sites is 1. The molecule has 0 aliphatic rings. The van der Waals surface area contributed by atoms with E-state index in [1.165, 1.54) is 4.57 Å². The van der Waals surface area contributed by atoms with E-state index in [0.717, 1.165) is 40.5 Å². The minimum Gasteiger partial charge on any atom is -0.334 e. The second-order valence-electron chi connectivity index (χ2n) is 7.45. The van der Waals surface area contributed by atoms with Gasteiger partial charge in [-0.1, -0.05) is 37.6 Å². The van der Waals surface area contributed by atoms with Crippen LogP contribution in [-0.4, -0.2) is 23.7 Å². The van der Waals surface area contributed by atoms with Crippen molar-refractivity contribution in [2.24, 2.45) is 7.05 Å². The Balaban J connectivity index is 2.07. The molecular formula is C23H21N5O2. The average Bonchev–Trinajstić information content (AvgIpc) is 3.19. The van der Waals surface area contributed by atoms with E-state index in [4.69, 9.17) is 0 Å². The zero-order chi connectivity index (χ0) is 20.8. The van der Waals surface area contributed by atoms with Gasteiger partial charge in [0.05, 0.1) is 28.3 Å². The van der Waals surface area contributed by atoms with Crippen LogP contribution < -0.4 is 11.2 Å². The van der Waals surface area contributed by atoms with Gasteiger partial charge in [0.2, 0.25) is 0 Å². The number of rotatable bonds is 4. The first kappa shape index (κ1) is 18.3. The van der Waals surface area contributed by atoms with Gasteiger partial charge in [0.1, 0.15) is 0 Å². The van der Waals surface area contributed by atoms with Crippen molar-refractivity contribution >= 4 is 33.0 Å². The lowest BCUT2D eigenvalue weighted by Gasteiger charge is -2.07. The van der Waals surface area contributed by atoms with Crippen LogP contribution in [0.5, 0.6) is 0 Å². The SMILES string of the molecule is CCCCn1c(=O)nc2c(c1=O)c1c3ncn(C)c3cccc1n2-c1ccccc1. The molecule has 0 aliphatic heterocycles. The Morgan fingerprint density at radius 1 is 0.933 bits per heavy atom. The van der Waals surface area contributed by atoms with E-state index in [1.54, 1.807) is 6.33 Å². The summed E-state index contributed by atoms with van der Waals surface area (Å²) in [6.07, 6.45) is 3.36. The minimum atomic E-state index is -0.512. The lowest BCUT2D eigenvalue weighted by Crippen LogP contribution is -2.35. The second-order valence-corrected chi connectivity index (χ2v) is 7.45. The molecular weight excluding hydrogens is 378 g/mol. The summed E-state index contributed by atoms with van der Waals surface area (Å²) < 4.78 is 5.06. The quantitative estimate of drug-likeness (QED) is 0.464. The number of benzene rings is 1. The van der Waals surface area contributed by atoms with Gasteiger partial charge < -0.3 is 4.57 Å². The van der Waals surface area contributed by atoms with Crippen LogP contribution in [0.4, 0.5) is 0 Å². The van der Waals surface area contributed by atoms with Gasteiger partial charge >= 0.3 is 5.69 Å². The van der Waals surface area contributed by atoms with Gasteiger partial charge in [0, 0.05) is 24.7 Å². The van der Waals surface area contributed by atoms with Gasteiger partial charge in [-0.2, -0.15) is 4.98 Å². The number of nitrogens with zero attached hydrogens (tertiary/aromatic N) is 5. The van der Waals surface area contributed by atoms with Crippen LogP contribution in [0.25, 0.3) is 38.7 Å². The maximum atomic E-state index is 13.5. The number of fused-ring (bicyclic) bond motifs is 5. The zero-order valence-corrected chi connectivity index (χ0v) is 16.9. The molecule has 3 aromatic heterocycles. The largest absolute Gasteiger partial charge is 0.352 e. The molecule has 7 heteroatoms. The van der Waals surface area contributed by atoms with Crippen molar-refractivity contribution in [1.29, 1.82) is 0 Å². The molecule has 0 radical (unpaired) electrons. The lowest BCUT2D eigenvalue weighted by molar-refractivity contribution is 0.589. The number of aromatic nitrogens is 5. The van der Waals surface area contributed by atoms with E-state index >= 15 is 0 Å². The summed E-state index contributed by atoms with van der Waals surface area (Å²) in [5.74, 6) is 0. The van der Waals surface area contributed by atoms with Gasteiger partial charge in [0.15, 0.2) is 5.65 Å². The number of hydrogen-bond donors (Lipinski definition) is 0. The van der Waals surface area contributed by atoms with E-state index in [1.807, 2.05) is 71.6 Å². The molecule has 7 nitrogen and oxygen atoms in total. The van der Waals surface area contributed by atoms with Crippen LogP contribution in [0, 0.1) is 0 Å².